The highest BCUT2D eigenvalue weighted by Gasteiger charge is 2.21. The maximum atomic E-state index is 12.7. The summed E-state index contributed by atoms with van der Waals surface area (Å²) < 4.78 is 6.51. The molecule has 0 saturated heterocycles. The highest BCUT2D eigenvalue weighted by Crippen LogP contribution is 2.22. The van der Waals surface area contributed by atoms with Crippen LogP contribution >= 0.6 is 0 Å². The van der Waals surface area contributed by atoms with Crippen molar-refractivity contribution in [2.45, 2.75) is 20.8 Å². The van der Waals surface area contributed by atoms with Crippen LogP contribution in [0.3, 0.4) is 0 Å². The third-order valence-electron chi connectivity index (χ3n) is 3.62. The first-order valence-electron chi connectivity index (χ1n) is 6.60. The summed E-state index contributed by atoms with van der Waals surface area (Å²) >= 11 is 0. The van der Waals surface area contributed by atoms with Gasteiger partial charge in [0.15, 0.2) is 11.5 Å². The van der Waals surface area contributed by atoms with Gasteiger partial charge in [-0.2, -0.15) is 4.98 Å². The van der Waals surface area contributed by atoms with Crippen molar-refractivity contribution in [1.29, 1.82) is 0 Å². The largest absolute Gasteiger partial charge is 0.408 e. The maximum absolute atomic E-state index is 12.7. The van der Waals surface area contributed by atoms with Crippen LogP contribution in [0.25, 0.3) is 11.0 Å². The number of fused-ring (bicyclic) bond motifs is 1. The topological polar surface area (TPSA) is 65.1 Å². The van der Waals surface area contributed by atoms with E-state index in [0.29, 0.717) is 22.3 Å². The van der Waals surface area contributed by atoms with Crippen LogP contribution in [0.5, 0.6) is 0 Å². The van der Waals surface area contributed by atoms with Crippen LogP contribution in [-0.2, 0) is 0 Å². The van der Waals surface area contributed by atoms with Crippen molar-refractivity contribution in [3.8, 4) is 0 Å². The van der Waals surface area contributed by atoms with E-state index in [0.717, 1.165) is 5.56 Å². The molecule has 0 spiro atoms. The predicted octanol–water partition coefficient (Wildman–Crippen LogP) is 2.60. The smallest absolute Gasteiger partial charge is 0.348 e. The molecule has 5 nitrogen and oxygen atoms in total. The van der Waals surface area contributed by atoms with E-state index in [2.05, 4.69) is 4.98 Å². The van der Waals surface area contributed by atoms with Gasteiger partial charge in [0, 0.05) is 18.2 Å². The molecule has 0 atom stereocenters. The second-order valence-electron chi connectivity index (χ2n) is 4.94. The number of hydrogen-bond acceptors (Lipinski definition) is 4. The third kappa shape index (κ3) is 1.98. The standard InChI is InChI=1S/C16H14N2O3/c1-9-10(2)18(15(19)12-7-5-4-6-8-12)14-13(9)16(20)21-11(3)17-14/h4-8H,1-3H3. The maximum Gasteiger partial charge on any atom is 0.348 e. The SMILES string of the molecule is Cc1nc2c(c(C)c(C)n2C(=O)c2ccccc2)c(=O)o1. The van der Waals surface area contributed by atoms with Gasteiger partial charge in [0.05, 0.1) is 0 Å². The van der Waals surface area contributed by atoms with Gasteiger partial charge in [0.1, 0.15) is 5.39 Å². The summed E-state index contributed by atoms with van der Waals surface area (Å²) in [7, 11) is 0. The summed E-state index contributed by atoms with van der Waals surface area (Å²) in [4.78, 5) is 29.0. The Morgan fingerprint density at radius 3 is 2.48 bits per heavy atom. The van der Waals surface area contributed by atoms with Crippen molar-refractivity contribution in [1.82, 2.24) is 9.55 Å². The fourth-order valence-electron chi connectivity index (χ4n) is 2.45. The second-order valence-corrected chi connectivity index (χ2v) is 4.94. The second kappa shape index (κ2) is 4.70. The van der Waals surface area contributed by atoms with Gasteiger partial charge in [-0.3, -0.25) is 9.36 Å². The first-order valence-corrected chi connectivity index (χ1v) is 6.60. The average molecular weight is 282 g/mol. The molecule has 0 aliphatic heterocycles. The molecule has 0 aliphatic rings. The van der Waals surface area contributed by atoms with Crippen LogP contribution in [0.2, 0.25) is 0 Å². The first-order chi connectivity index (χ1) is 10.0. The highest BCUT2D eigenvalue weighted by molar-refractivity contribution is 6.02. The van der Waals surface area contributed by atoms with Gasteiger partial charge in [0.2, 0.25) is 0 Å². The summed E-state index contributed by atoms with van der Waals surface area (Å²) in [5.74, 6) is 0.0378. The molecule has 5 heteroatoms. The van der Waals surface area contributed by atoms with Gasteiger partial charge in [-0.15, -0.1) is 0 Å². The molecular weight excluding hydrogens is 268 g/mol. The zero-order valence-electron chi connectivity index (χ0n) is 12.0. The molecule has 0 aliphatic carbocycles. The number of aryl methyl sites for hydroxylation is 2. The number of hydrogen-bond donors (Lipinski definition) is 0. The molecule has 0 amide bonds. The van der Waals surface area contributed by atoms with Gasteiger partial charge in [-0.25, -0.2) is 4.79 Å². The number of carbonyl (C=O) groups is 1. The molecule has 2 heterocycles. The van der Waals surface area contributed by atoms with E-state index in [9.17, 15) is 9.59 Å². The van der Waals surface area contributed by atoms with Gasteiger partial charge >= 0.3 is 5.63 Å². The number of rotatable bonds is 1. The van der Waals surface area contributed by atoms with Crippen LogP contribution in [0, 0.1) is 20.8 Å². The summed E-state index contributed by atoms with van der Waals surface area (Å²) in [5, 5.41) is 0.363. The minimum Gasteiger partial charge on any atom is -0.408 e. The Labute approximate surface area is 120 Å². The van der Waals surface area contributed by atoms with Crippen LogP contribution in [0.1, 0.15) is 27.5 Å². The highest BCUT2D eigenvalue weighted by atomic mass is 16.4. The van der Waals surface area contributed by atoms with E-state index in [4.69, 9.17) is 4.42 Å². The fraction of sp³-hybridized carbons (Fsp3) is 0.188. The lowest BCUT2D eigenvalue weighted by Gasteiger charge is -2.06. The predicted molar refractivity (Wildman–Crippen MR) is 78.7 cm³/mol. The van der Waals surface area contributed by atoms with Crippen LogP contribution < -0.4 is 5.63 Å². The molecule has 0 unspecified atom stereocenters. The Hall–Kier alpha value is -2.69. The molecule has 3 rings (SSSR count). The number of benzene rings is 1. The Morgan fingerprint density at radius 1 is 1.14 bits per heavy atom. The van der Waals surface area contributed by atoms with Crippen molar-refractivity contribution in [3.63, 3.8) is 0 Å². The first kappa shape index (κ1) is 13.3. The van der Waals surface area contributed by atoms with E-state index in [-0.39, 0.29) is 11.8 Å². The van der Waals surface area contributed by atoms with E-state index in [1.807, 2.05) is 6.07 Å². The molecule has 0 N–H and O–H groups in total. The molecule has 2 aromatic heterocycles. The van der Waals surface area contributed by atoms with E-state index < -0.39 is 5.63 Å². The van der Waals surface area contributed by atoms with Crippen LogP contribution in [-0.4, -0.2) is 15.5 Å². The van der Waals surface area contributed by atoms with Crippen molar-refractivity contribution in [2.24, 2.45) is 0 Å². The zero-order chi connectivity index (χ0) is 15.1. The Bertz CT molecular complexity index is 905. The number of aromatic nitrogens is 2. The van der Waals surface area contributed by atoms with Crippen molar-refractivity contribution >= 4 is 16.9 Å². The lowest BCUT2D eigenvalue weighted by atomic mass is 10.2. The van der Waals surface area contributed by atoms with Crippen molar-refractivity contribution < 1.29 is 9.21 Å². The zero-order valence-corrected chi connectivity index (χ0v) is 12.0. The van der Waals surface area contributed by atoms with E-state index in [1.54, 1.807) is 45.0 Å². The van der Waals surface area contributed by atoms with Gasteiger partial charge in [-0.1, -0.05) is 18.2 Å². The fourth-order valence-corrected chi connectivity index (χ4v) is 2.45. The molecule has 0 saturated carbocycles. The van der Waals surface area contributed by atoms with Crippen LogP contribution in [0.15, 0.2) is 39.5 Å². The summed E-state index contributed by atoms with van der Waals surface area (Å²) in [6.07, 6.45) is 0. The lowest BCUT2D eigenvalue weighted by molar-refractivity contribution is 0.0962. The average Bonchev–Trinajstić information content (AvgIpc) is 2.71. The van der Waals surface area contributed by atoms with E-state index >= 15 is 0 Å². The monoisotopic (exact) mass is 282 g/mol. The molecular formula is C16H14N2O3. The summed E-state index contributed by atoms with van der Waals surface area (Å²) in [5.41, 5.74) is 1.86. The van der Waals surface area contributed by atoms with E-state index in [1.165, 1.54) is 4.57 Å². The molecule has 3 aromatic rings. The molecule has 1 aromatic carbocycles. The molecule has 0 bridgehead atoms. The van der Waals surface area contributed by atoms with Crippen LogP contribution in [0.4, 0.5) is 0 Å². The third-order valence-corrected chi connectivity index (χ3v) is 3.62. The van der Waals surface area contributed by atoms with Gasteiger partial charge < -0.3 is 4.42 Å². The van der Waals surface area contributed by atoms with Crippen molar-refractivity contribution in [2.75, 3.05) is 0 Å². The number of nitrogens with zero attached hydrogens (tertiary/aromatic N) is 2. The Kier molecular flexibility index (Phi) is 2.97. The minimum atomic E-state index is -0.460. The lowest BCUT2D eigenvalue weighted by Crippen LogP contribution is -2.15. The molecule has 106 valence electrons. The molecule has 21 heavy (non-hydrogen) atoms. The quantitative estimate of drug-likeness (QED) is 0.688. The molecule has 0 fully saturated rings. The Morgan fingerprint density at radius 2 is 1.81 bits per heavy atom. The normalized spacial score (nSPS) is 11.0. The van der Waals surface area contributed by atoms with Gasteiger partial charge in [0.25, 0.3) is 5.91 Å². The number of carbonyl (C=O) groups excluding carboxylic acids is 1. The van der Waals surface area contributed by atoms with Gasteiger partial charge in [-0.05, 0) is 31.5 Å². The summed E-state index contributed by atoms with van der Waals surface area (Å²) in [6.45, 7) is 5.18. The minimum absolute atomic E-state index is 0.205. The molecule has 0 radical (unpaired) electrons. The van der Waals surface area contributed by atoms with Crippen molar-refractivity contribution in [3.05, 3.63) is 63.5 Å². The summed E-state index contributed by atoms with van der Waals surface area (Å²) in [6, 6.07) is 8.92. The Balaban J connectivity index is 2.36.